The smallest absolute Gasteiger partial charge is 0.193 e. The summed E-state index contributed by atoms with van der Waals surface area (Å²) in [6.45, 7) is 0. The zero-order chi connectivity index (χ0) is 13.7. The molecule has 3 N–H and O–H groups in total. The van der Waals surface area contributed by atoms with Crippen molar-refractivity contribution in [3.8, 4) is 0 Å². The van der Waals surface area contributed by atoms with Crippen LogP contribution in [0.2, 0.25) is 0 Å². The van der Waals surface area contributed by atoms with Gasteiger partial charge < -0.3 is 14.7 Å². The lowest BCUT2D eigenvalue weighted by Crippen LogP contribution is -1.64. The summed E-state index contributed by atoms with van der Waals surface area (Å²) in [5, 5.41) is 0. The predicted molar refractivity (Wildman–Crippen MR) is 107 cm³/mol. The van der Waals surface area contributed by atoms with Crippen molar-refractivity contribution >= 4 is 114 Å². The van der Waals surface area contributed by atoms with Gasteiger partial charge in [0.05, 0.1) is 0 Å². The van der Waals surface area contributed by atoms with Crippen LogP contribution in [0.5, 0.6) is 0 Å². The van der Waals surface area contributed by atoms with Gasteiger partial charge in [-0.05, 0) is 89.6 Å². The molecule has 0 heterocycles. The van der Waals surface area contributed by atoms with Crippen LogP contribution in [0.3, 0.4) is 0 Å². The highest BCUT2D eigenvalue weighted by molar-refractivity contribution is 9.41. The molecule has 0 saturated heterocycles. The molecule has 0 aromatic rings. The molecule has 0 radical (unpaired) electrons. The Morgan fingerprint density at radius 1 is 0.647 bits per heavy atom. The fourth-order valence-electron chi connectivity index (χ4n) is 0.242. The van der Waals surface area contributed by atoms with Crippen molar-refractivity contribution in [2.75, 3.05) is 12.5 Å². The third-order valence-electron chi connectivity index (χ3n) is 0.905. The second kappa shape index (κ2) is 9.16. The van der Waals surface area contributed by atoms with E-state index in [2.05, 4.69) is 0 Å². The van der Waals surface area contributed by atoms with Crippen molar-refractivity contribution < 1.29 is 14.7 Å². The average Bonchev–Trinajstić information content (AvgIpc) is 2.25. The Labute approximate surface area is 139 Å². The highest BCUT2D eigenvalue weighted by Gasteiger charge is 2.25. The van der Waals surface area contributed by atoms with Crippen molar-refractivity contribution in [2.24, 2.45) is 0 Å². The highest BCUT2D eigenvalue weighted by Crippen LogP contribution is 2.86. The quantitative estimate of drug-likeness (QED) is 0.331. The van der Waals surface area contributed by atoms with Gasteiger partial charge in [0.25, 0.3) is 0 Å². The maximum absolute atomic E-state index is 9.94. The Balaban J connectivity index is 4.28. The number of hydrogen-bond acceptors (Lipinski definition) is 9. The van der Waals surface area contributed by atoms with Gasteiger partial charge in [-0.15, -0.1) is 0 Å². The van der Waals surface area contributed by atoms with Gasteiger partial charge in [0.2, 0.25) is 0 Å². The second-order valence-corrected chi connectivity index (χ2v) is 36.1. The summed E-state index contributed by atoms with van der Waals surface area (Å²) in [4.78, 5) is 29.3. The van der Waals surface area contributed by atoms with Crippen molar-refractivity contribution in [3.63, 3.8) is 0 Å². The fourth-order valence-corrected chi connectivity index (χ4v) is 39.2. The summed E-state index contributed by atoms with van der Waals surface area (Å²) in [5.41, 5.74) is 0. The molecule has 0 saturated carbocycles. The van der Waals surface area contributed by atoms with Gasteiger partial charge in [-0.3, -0.25) is 0 Å². The van der Waals surface area contributed by atoms with Crippen LogP contribution in [-0.2, 0) is 35.4 Å². The molecule has 0 aliphatic heterocycles. The van der Waals surface area contributed by atoms with Crippen LogP contribution in [0.25, 0.3) is 0 Å². The van der Waals surface area contributed by atoms with E-state index in [1.807, 2.05) is 0 Å². The van der Waals surface area contributed by atoms with Crippen LogP contribution in [-0.4, -0.2) is 27.2 Å². The molecule has 0 aromatic carbocycles. The minimum absolute atomic E-state index is 1.03. The van der Waals surface area contributed by atoms with Gasteiger partial charge in [0, 0.05) is 0 Å². The van der Waals surface area contributed by atoms with Gasteiger partial charge >= 0.3 is 0 Å². The number of hydrogen-bond donors (Lipinski definition) is 3. The van der Waals surface area contributed by atoms with Crippen LogP contribution >= 0.6 is 78.4 Å². The zero-order valence-corrected chi connectivity index (χ0v) is 18.4. The Morgan fingerprint density at radius 2 is 0.882 bits per heavy atom. The molecule has 17 heavy (non-hydrogen) atoms. The summed E-state index contributed by atoms with van der Waals surface area (Å²) in [5.74, 6) is 0. The summed E-state index contributed by atoms with van der Waals surface area (Å²) in [7, 11) is 4.17. The van der Waals surface area contributed by atoms with Crippen molar-refractivity contribution in [1.82, 2.24) is 0 Å². The molecule has 15 heteroatoms. The molecule has 0 aromatic heterocycles. The standard InChI is InChI=1S/C2H9O3P3S9/c1-12-6(3,9)14-16-8(5,11)17-15-7(4,10)13-2/h1-2H3,(H,3,9)(H,4,10)(H,5,11). The summed E-state index contributed by atoms with van der Waals surface area (Å²) in [6.07, 6.45) is 3.44. The summed E-state index contributed by atoms with van der Waals surface area (Å²) < 4.78 is -7.78. The van der Waals surface area contributed by atoms with Crippen molar-refractivity contribution in [3.05, 3.63) is 0 Å². The van der Waals surface area contributed by atoms with E-state index in [0.717, 1.165) is 41.7 Å². The molecule has 0 rings (SSSR count). The van der Waals surface area contributed by atoms with Crippen LogP contribution in [0.15, 0.2) is 0 Å². The third-order valence-corrected chi connectivity index (χ3v) is 38.2. The average molecular weight is 463 g/mol. The third kappa shape index (κ3) is 11.2. The van der Waals surface area contributed by atoms with Gasteiger partial charge in [0.15, 0.2) is 14.0 Å². The Bertz CT molecular complexity index is 352. The molecule has 0 amide bonds. The monoisotopic (exact) mass is 462 g/mol. The van der Waals surface area contributed by atoms with Gasteiger partial charge in [-0.25, -0.2) is 0 Å². The maximum atomic E-state index is 9.94. The number of rotatable bonds is 8. The first kappa shape index (κ1) is 20.9. The lowest BCUT2D eigenvalue weighted by molar-refractivity contribution is 0.653. The molecule has 0 spiro atoms. The molecule has 0 aliphatic rings. The van der Waals surface area contributed by atoms with Crippen LogP contribution in [0.4, 0.5) is 0 Å². The Kier molecular flexibility index (Phi) is 11.3. The van der Waals surface area contributed by atoms with E-state index in [-0.39, 0.29) is 0 Å². The summed E-state index contributed by atoms with van der Waals surface area (Å²) >= 11 is 17.3. The van der Waals surface area contributed by atoms with Crippen LogP contribution in [0.1, 0.15) is 0 Å². The molecule has 2 atom stereocenters. The van der Waals surface area contributed by atoms with Crippen molar-refractivity contribution in [2.45, 2.75) is 0 Å². The minimum Gasteiger partial charge on any atom is -0.349 e. The molecular formula is C2H9O3P3S9. The Morgan fingerprint density at radius 3 is 1.12 bits per heavy atom. The van der Waals surface area contributed by atoms with E-state index in [0.29, 0.717) is 0 Å². The fraction of sp³-hybridized carbons (Fsp3) is 1.00. The Hall–Kier alpha value is 3.93. The lowest BCUT2D eigenvalue weighted by Gasteiger charge is -2.17. The van der Waals surface area contributed by atoms with E-state index in [9.17, 15) is 14.7 Å². The SMILES string of the molecule is CSP(O)(=S)SSP(O)(=S)SSP(O)(=S)SC. The highest BCUT2D eigenvalue weighted by atomic mass is 33.8. The van der Waals surface area contributed by atoms with Gasteiger partial charge in [-0.1, -0.05) is 22.8 Å². The molecule has 0 bridgehead atoms. The maximum Gasteiger partial charge on any atom is 0.193 e. The largest absolute Gasteiger partial charge is 0.349 e. The topological polar surface area (TPSA) is 60.7 Å². The minimum atomic E-state index is -2.74. The van der Waals surface area contributed by atoms with Crippen LogP contribution in [0, 0.1) is 0 Å². The molecule has 0 aliphatic carbocycles. The van der Waals surface area contributed by atoms with Gasteiger partial charge in [-0.2, -0.15) is 0 Å². The zero-order valence-electron chi connectivity index (χ0n) is 8.36. The van der Waals surface area contributed by atoms with E-state index >= 15 is 0 Å². The first-order valence-corrected chi connectivity index (χ1v) is 22.0. The predicted octanol–water partition coefficient (Wildman–Crippen LogP) is 5.13. The van der Waals surface area contributed by atoms with Crippen LogP contribution < -0.4 is 0 Å². The normalized spacial score (nSPS) is 22.4. The lowest BCUT2D eigenvalue weighted by atomic mass is 12.0. The van der Waals surface area contributed by atoms with E-state index < -0.39 is 14.0 Å². The first-order chi connectivity index (χ1) is 7.54. The van der Waals surface area contributed by atoms with E-state index in [1.165, 1.54) is 22.8 Å². The van der Waals surface area contributed by atoms with Crippen molar-refractivity contribution in [1.29, 1.82) is 0 Å². The summed E-state index contributed by atoms with van der Waals surface area (Å²) in [6, 6.07) is 0. The molecule has 0 fully saturated rings. The molecule has 2 unspecified atom stereocenters. The van der Waals surface area contributed by atoms with Gasteiger partial charge in [0.1, 0.15) is 0 Å². The molecule has 104 valence electrons. The second-order valence-electron chi connectivity index (χ2n) is 2.07. The van der Waals surface area contributed by atoms with E-state index in [1.54, 1.807) is 12.5 Å². The first-order valence-electron chi connectivity index (χ1n) is 3.39. The molecular weight excluding hydrogens is 454 g/mol. The van der Waals surface area contributed by atoms with E-state index in [4.69, 9.17) is 35.4 Å². The molecule has 3 nitrogen and oxygen atoms in total.